The van der Waals surface area contributed by atoms with Gasteiger partial charge < -0.3 is 14.6 Å². The van der Waals surface area contributed by atoms with Crippen molar-refractivity contribution in [2.75, 3.05) is 18.2 Å². The van der Waals surface area contributed by atoms with Crippen molar-refractivity contribution >= 4 is 40.0 Å². The Hall–Kier alpha value is -3.43. The van der Waals surface area contributed by atoms with Crippen LogP contribution in [0.3, 0.4) is 0 Å². The molecule has 7 nitrogen and oxygen atoms in total. The number of aryl methyl sites for hydroxylation is 1. The van der Waals surface area contributed by atoms with Gasteiger partial charge in [-0.3, -0.25) is 4.79 Å². The van der Waals surface area contributed by atoms with Crippen LogP contribution in [0.4, 0.5) is 5.00 Å². The molecule has 4 rings (SSSR count). The van der Waals surface area contributed by atoms with Crippen LogP contribution < -0.4 is 5.32 Å². The van der Waals surface area contributed by atoms with Gasteiger partial charge in [0.1, 0.15) is 10.6 Å². The van der Waals surface area contributed by atoms with Crippen LogP contribution >= 0.6 is 23.1 Å². The summed E-state index contributed by atoms with van der Waals surface area (Å²) in [7, 11) is 3.23. The maximum Gasteiger partial charge on any atom is 0.341 e. The SMILES string of the molecule is COC(=O)c1c(NC(=O)CSc2nnc(-c3ccc(C(C)C)cc3)n2C)sc(C)c1-c1ccccc1. The number of amides is 1. The predicted octanol–water partition coefficient (Wildman–Crippen LogP) is 6.16. The Kier molecular flexibility index (Phi) is 7.91. The number of nitrogens with zero attached hydrogens (tertiary/aromatic N) is 3. The first-order valence-corrected chi connectivity index (χ1v) is 13.3. The molecule has 0 spiro atoms. The number of thioether (sulfide) groups is 1. The molecular formula is C27H28N4O3S2. The van der Waals surface area contributed by atoms with E-state index in [1.807, 2.05) is 61.0 Å². The Morgan fingerprint density at radius 1 is 1.06 bits per heavy atom. The molecule has 0 fully saturated rings. The molecule has 4 aromatic rings. The van der Waals surface area contributed by atoms with Crippen molar-refractivity contribution < 1.29 is 14.3 Å². The van der Waals surface area contributed by atoms with Gasteiger partial charge >= 0.3 is 5.97 Å². The lowest BCUT2D eigenvalue weighted by molar-refractivity contribution is -0.113. The van der Waals surface area contributed by atoms with Gasteiger partial charge in [-0.2, -0.15) is 0 Å². The predicted molar refractivity (Wildman–Crippen MR) is 146 cm³/mol. The van der Waals surface area contributed by atoms with E-state index >= 15 is 0 Å². The number of thiophene rings is 1. The van der Waals surface area contributed by atoms with Crippen molar-refractivity contribution in [3.63, 3.8) is 0 Å². The molecule has 0 saturated carbocycles. The Labute approximate surface area is 218 Å². The van der Waals surface area contributed by atoms with Crippen LogP contribution in [0, 0.1) is 6.92 Å². The standard InChI is InChI=1S/C27H28N4O3S2/c1-16(2)18-11-13-20(14-12-18)24-29-30-27(31(24)4)35-15-21(32)28-25-23(26(33)34-5)22(17(3)36-25)19-9-7-6-8-10-19/h6-14,16H,15H2,1-5H3,(H,28,32). The summed E-state index contributed by atoms with van der Waals surface area (Å²) in [6.07, 6.45) is 0. The van der Waals surface area contributed by atoms with Crippen LogP contribution in [0.25, 0.3) is 22.5 Å². The number of hydrogen-bond donors (Lipinski definition) is 1. The third kappa shape index (κ3) is 5.37. The second-order valence-electron chi connectivity index (χ2n) is 8.57. The number of methoxy groups -OCH3 is 1. The summed E-state index contributed by atoms with van der Waals surface area (Å²) in [6, 6.07) is 17.9. The van der Waals surface area contributed by atoms with E-state index in [1.54, 1.807) is 0 Å². The summed E-state index contributed by atoms with van der Waals surface area (Å²) in [5.74, 6) is 0.594. The number of nitrogens with one attached hydrogen (secondary N) is 1. The molecule has 0 saturated heterocycles. The number of esters is 1. The van der Waals surface area contributed by atoms with Crippen LogP contribution in [0.15, 0.2) is 59.8 Å². The lowest BCUT2D eigenvalue weighted by atomic mass is 10.0. The maximum atomic E-state index is 12.9. The fourth-order valence-electron chi connectivity index (χ4n) is 3.88. The van der Waals surface area contributed by atoms with Gasteiger partial charge in [0.25, 0.3) is 0 Å². The minimum Gasteiger partial charge on any atom is -0.465 e. The molecule has 1 N–H and O–H groups in total. The van der Waals surface area contributed by atoms with E-state index in [0.29, 0.717) is 21.6 Å². The molecule has 2 heterocycles. The van der Waals surface area contributed by atoms with E-state index in [2.05, 4.69) is 41.5 Å². The molecule has 0 radical (unpaired) electrons. The molecule has 0 atom stereocenters. The summed E-state index contributed by atoms with van der Waals surface area (Å²) in [5.41, 5.74) is 4.27. The zero-order valence-corrected chi connectivity index (χ0v) is 22.5. The van der Waals surface area contributed by atoms with E-state index < -0.39 is 5.97 Å². The van der Waals surface area contributed by atoms with Crippen molar-refractivity contribution in [3.8, 4) is 22.5 Å². The van der Waals surface area contributed by atoms with Crippen molar-refractivity contribution in [2.24, 2.45) is 7.05 Å². The number of ether oxygens (including phenoxy) is 1. The molecule has 1 amide bonds. The zero-order chi connectivity index (χ0) is 25.8. The van der Waals surface area contributed by atoms with Crippen LogP contribution in [0.5, 0.6) is 0 Å². The van der Waals surface area contributed by atoms with Crippen LogP contribution in [-0.4, -0.2) is 39.5 Å². The smallest absolute Gasteiger partial charge is 0.341 e. The normalized spacial score (nSPS) is 11.1. The first-order valence-electron chi connectivity index (χ1n) is 11.5. The quantitative estimate of drug-likeness (QED) is 0.221. The zero-order valence-electron chi connectivity index (χ0n) is 20.9. The number of benzene rings is 2. The highest BCUT2D eigenvalue weighted by atomic mass is 32.2. The third-order valence-electron chi connectivity index (χ3n) is 5.79. The Morgan fingerprint density at radius 2 is 1.75 bits per heavy atom. The first-order chi connectivity index (χ1) is 17.3. The van der Waals surface area contributed by atoms with Gasteiger partial charge in [0, 0.05) is 23.1 Å². The Bertz CT molecular complexity index is 1380. The molecule has 2 aromatic carbocycles. The number of aromatic nitrogens is 3. The Morgan fingerprint density at radius 3 is 2.39 bits per heavy atom. The van der Waals surface area contributed by atoms with E-state index in [4.69, 9.17) is 4.74 Å². The molecule has 36 heavy (non-hydrogen) atoms. The van der Waals surface area contributed by atoms with Crippen LogP contribution in [-0.2, 0) is 16.6 Å². The average molecular weight is 521 g/mol. The van der Waals surface area contributed by atoms with Gasteiger partial charge in [0.05, 0.1) is 12.9 Å². The monoisotopic (exact) mass is 520 g/mol. The topological polar surface area (TPSA) is 86.1 Å². The van der Waals surface area contributed by atoms with E-state index in [1.165, 1.54) is 35.8 Å². The molecule has 9 heteroatoms. The molecular weight excluding hydrogens is 492 g/mol. The van der Waals surface area contributed by atoms with Gasteiger partial charge in [-0.1, -0.05) is 80.2 Å². The van der Waals surface area contributed by atoms with Crippen molar-refractivity contribution in [3.05, 3.63) is 70.6 Å². The minimum absolute atomic E-state index is 0.122. The van der Waals surface area contributed by atoms with E-state index in [-0.39, 0.29) is 11.7 Å². The second kappa shape index (κ2) is 11.1. The lowest BCUT2D eigenvalue weighted by Gasteiger charge is -2.08. The lowest BCUT2D eigenvalue weighted by Crippen LogP contribution is -2.16. The average Bonchev–Trinajstić information content (AvgIpc) is 3.41. The third-order valence-corrected chi connectivity index (χ3v) is 7.83. The first kappa shape index (κ1) is 25.7. The van der Waals surface area contributed by atoms with Gasteiger partial charge in [-0.25, -0.2) is 4.79 Å². The van der Waals surface area contributed by atoms with Crippen molar-refractivity contribution in [1.29, 1.82) is 0 Å². The maximum absolute atomic E-state index is 12.9. The molecule has 0 bridgehead atoms. The van der Waals surface area contributed by atoms with Gasteiger partial charge in [-0.05, 0) is 24.0 Å². The van der Waals surface area contributed by atoms with Gasteiger partial charge in [0.15, 0.2) is 11.0 Å². The van der Waals surface area contributed by atoms with Gasteiger partial charge in [0.2, 0.25) is 5.91 Å². The largest absolute Gasteiger partial charge is 0.465 e. The summed E-state index contributed by atoms with van der Waals surface area (Å²) in [5, 5.41) is 12.6. The number of carbonyl (C=O) groups excluding carboxylic acids is 2. The molecule has 186 valence electrons. The Balaban J connectivity index is 1.49. The van der Waals surface area contributed by atoms with E-state index in [9.17, 15) is 9.59 Å². The minimum atomic E-state index is -0.484. The number of hydrogen-bond acceptors (Lipinski definition) is 7. The molecule has 0 unspecified atom stereocenters. The van der Waals surface area contributed by atoms with Crippen LogP contribution in [0.1, 0.15) is 40.6 Å². The molecule has 0 aliphatic carbocycles. The summed E-state index contributed by atoms with van der Waals surface area (Å²) < 4.78 is 6.91. The highest BCUT2D eigenvalue weighted by molar-refractivity contribution is 7.99. The number of carbonyl (C=O) groups is 2. The summed E-state index contributed by atoms with van der Waals surface area (Å²) in [4.78, 5) is 26.4. The second-order valence-corrected chi connectivity index (χ2v) is 10.7. The number of anilines is 1. The fourth-order valence-corrected chi connectivity index (χ4v) is 5.68. The van der Waals surface area contributed by atoms with Crippen molar-refractivity contribution in [1.82, 2.24) is 14.8 Å². The fraction of sp³-hybridized carbons (Fsp3) is 0.259. The molecule has 2 aromatic heterocycles. The highest BCUT2D eigenvalue weighted by Crippen LogP contribution is 2.40. The highest BCUT2D eigenvalue weighted by Gasteiger charge is 2.25. The summed E-state index contributed by atoms with van der Waals surface area (Å²) >= 11 is 2.65. The number of rotatable bonds is 8. The molecule has 0 aliphatic rings. The molecule has 0 aliphatic heterocycles. The van der Waals surface area contributed by atoms with Crippen LogP contribution in [0.2, 0.25) is 0 Å². The van der Waals surface area contributed by atoms with Gasteiger partial charge in [-0.15, -0.1) is 21.5 Å². The van der Waals surface area contributed by atoms with E-state index in [0.717, 1.165) is 27.4 Å². The summed E-state index contributed by atoms with van der Waals surface area (Å²) in [6.45, 7) is 6.25. The van der Waals surface area contributed by atoms with Crippen molar-refractivity contribution in [2.45, 2.75) is 31.8 Å².